The molecule has 6 nitrogen and oxygen atoms in total. The number of carbonyl (C=O) groups is 1. The minimum atomic E-state index is -0.209. The predicted octanol–water partition coefficient (Wildman–Crippen LogP) is 1.65. The van der Waals surface area contributed by atoms with E-state index >= 15 is 0 Å². The Balaban J connectivity index is 2.32. The maximum atomic E-state index is 12.5. The summed E-state index contributed by atoms with van der Waals surface area (Å²) in [6.45, 7) is 0. The molecular weight excluding hydrogens is 256 g/mol. The van der Waals surface area contributed by atoms with Crippen molar-refractivity contribution in [2.24, 2.45) is 5.84 Å². The summed E-state index contributed by atoms with van der Waals surface area (Å²) >= 11 is 0. The normalized spacial score (nSPS) is 9.95. The summed E-state index contributed by atoms with van der Waals surface area (Å²) in [7, 11) is 3.27. The van der Waals surface area contributed by atoms with Crippen LogP contribution in [-0.4, -0.2) is 25.0 Å². The number of aromatic nitrogens is 1. The average Bonchev–Trinajstić information content (AvgIpc) is 2.53. The van der Waals surface area contributed by atoms with E-state index in [1.807, 2.05) is 18.2 Å². The lowest BCUT2D eigenvalue weighted by Gasteiger charge is -2.19. The number of amides is 1. The Morgan fingerprint density at radius 3 is 2.85 bits per heavy atom. The summed E-state index contributed by atoms with van der Waals surface area (Å²) in [6, 6.07) is 10.6. The van der Waals surface area contributed by atoms with Crippen LogP contribution in [-0.2, 0) is 0 Å². The second-order valence-electron chi connectivity index (χ2n) is 4.11. The van der Waals surface area contributed by atoms with Gasteiger partial charge in [0, 0.05) is 25.0 Å². The van der Waals surface area contributed by atoms with Crippen molar-refractivity contribution in [3.8, 4) is 5.75 Å². The van der Waals surface area contributed by atoms with E-state index in [0.29, 0.717) is 17.1 Å². The van der Waals surface area contributed by atoms with Gasteiger partial charge in [0.2, 0.25) is 0 Å². The fourth-order valence-corrected chi connectivity index (χ4v) is 1.81. The molecule has 0 saturated carbocycles. The van der Waals surface area contributed by atoms with Gasteiger partial charge in [-0.15, -0.1) is 0 Å². The highest BCUT2D eigenvalue weighted by Crippen LogP contribution is 2.22. The zero-order chi connectivity index (χ0) is 14.5. The molecule has 0 saturated heterocycles. The first-order chi connectivity index (χ1) is 9.67. The van der Waals surface area contributed by atoms with Gasteiger partial charge in [0.15, 0.2) is 5.82 Å². The molecule has 104 valence electrons. The zero-order valence-electron chi connectivity index (χ0n) is 11.3. The van der Waals surface area contributed by atoms with Gasteiger partial charge in [0.25, 0.3) is 5.91 Å². The summed E-state index contributed by atoms with van der Waals surface area (Å²) < 4.78 is 5.15. The van der Waals surface area contributed by atoms with E-state index in [1.165, 1.54) is 4.90 Å². The van der Waals surface area contributed by atoms with E-state index in [-0.39, 0.29) is 5.91 Å². The van der Waals surface area contributed by atoms with Gasteiger partial charge in [-0.25, -0.2) is 10.8 Å². The van der Waals surface area contributed by atoms with E-state index in [9.17, 15) is 4.79 Å². The molecule has 0 aliphatic rings. The number of nitrogens with two attached hydrogens (primary N) is 1. The number of hydrazine groups is 1. The number of carbonyl (C=O) groups excluding carboxylic acids is 1. The average molecular weight is 272 g/mol. The van der Waals surface area contributed by atoms with E-state index in [2.05, 4.69) is 10.4 Å². The number of hydrogen-bond donors (Lipinski definition) is 2. The molecule has 0 aliphatic carbocycles. The van der Waals surface area contributed by atoms with Gasteiger partial charge in [0.1, 0.15) is 5.75 Å². The Labute approximate surface area is 117 Å². The summed E-state index contributed by atoms with van der Waals surface area (Å²) in [5, 5.41) is 0. The Morgan fingerprint density at radius 1 is 1.35 bits per heavy atom. The number of methoxy groups -OCH3 is 1. The topological polar surface area (TPSA) is 80.5 Å². The van der Waals surface area contributed by atoms with E-state index < -0.39 is 0 Å². The van der Waals surface area contributed by atoms with Crippen LogP contribution in [0.5, 0.6) is 5.75 Å². The van der Waals surface area contributed by atoms with Crippen LogP contribution in [0, 0.1) is 0 Å². The van der Waals surface area contributed by atoms with Crippen molar-refractivity contribution in [1.82, 2.24) is 4.98 Å². The largest absolute Gasteiger partial charge is 0.497 e. The van der Waals surface area contributed by atoms with Crippen molar-refractivity contribution >= 4 is 17.4 Å². The molecule has 1 aromatic heterocycles. The van der Waals surface area contributed by atoms with Crippen LogP contribution in [0.4, 0.5) is 11.5 Å². The molecule has 0 atom stereocenters. The van der Waals surface area contributed by atoms with Crippen LogP contribution < -0.4 is 20.9 Å². The SMILES string of the molecule is COc1cccc(N(C)C(=O)c2cccnc2NN)c1. The number of pyridine rings is 1. The lowest BCUT2D eigenvalue weighted by atomic mass is 10.2. The Hall–Kier alpha value is -2.60. The van der Waals surface area contributed by atoms with Gasteiger partial charge in [0.05, 0.1) is 12.7 Å². The lowest BCUT2D eigenvalue weighted by molar-refractivity contribution is 0.0993. The van der Waals surface area contributed by atoms with Gasteiger partial charge < -0.3 is 15.1 Å². The quantitative estimate of drug-likeness (QED) is 0.653. The van der Waals surface area contributed by atoms with Gasteiger partial charge in [-0.2, -0.15) is 0 Å². The molecule has 0 spiro atoms. The van der Waals surface area contributed by atoms with Crippen LogP contribution in [0.2, 0.25) is 0 Å². The van der Waals surface area contributed by atoms with Crippen LogP contribution >= 0.6 is 0 Å². The number of nitrogens with one attached hydrogen (secondary N) is 1. The molecule has 2 rings (SSSR count). The van der Waals surface area contributed by atoms with Crippen molar-refractivity contribution < 1.29 is 9.53 Å². The maximum Gasteiger partial charge on any atom is 0.261 e. The van der Waals surface area contributed by atoms with Crippen LogP contribution in [0.15, 0.2) is 42.6 Å². The minimum Gasteiger partial charge on any atom is -0.497 e. The Kier molecular flexibility index (Phi) is 4.17. The molecule has 0 fully saturated rings. The molecule has 1 heterocycles. The summed E-state index contributed by atoms with van der Waals surface area (Å²) in [5.41, 5.74) is 3.55. The highest BCUT2D eigenvalue weighted by atomic mass is 16.5. The van der Waals surface area contributed by atoms with Crippen LogP contribution in [0.1, 0.15) is 10.4 Å². The van der Waals surface area contributed by atoms with Gasteiger partial charge >= 0.3 is 0 Å². The molecule has 0 bridgehead atoms. The second-order valence-corrected chi connectivity index (χ2v) is 4.11. The third-order valence-corrected chi connectivity index (χ3v) is 2.92. The summed E-state index contributed by atoms with van der Waals surface area (Å²) in [5.74, 6) is 6.19. The first-order valence-electron chi connectivity index (χ1n) is 6.01. The molecule has 20 heavy (non-hydrogen) atoms. The third kappa shape index (κ3) is 2.70. The molecule has 0 radical (unpaired) electrons. The smallest absolute Gasteiger partial charge is 0.261 e. The van der Waals surface area contributed by atoms with Crippen molar-refractivity contribution in [1.29, 1.82) is 0 Å². The molecular formula is C14H16N4O2. The summed E-state index contributed by atoms with van der Waals surface area (Å²) in [6.07, 6.45) is 1.57. The van der Waals surface area contributed by atoms with E-state index in [0.717, 1.165) is 5.69 Å². The fourth-order valence-electron chi connectivity index (χ4n) is 1.81. The number of anilines is 2. The number of ether oxygens (including phenoxy) is 1. The fraction of sp³-hybridized carbons (Fsp3) is 0.143. The number of benzene rings is 1. The zero-order valence-corrected chi connectivity index (χ0v) is 11.3. The van der Waals surface area contributed by atoms with Crippen LogP contribution in [0.3, 0.4) is 0 Å². The van der Waals surface area contributed by atoms with Crippen molar-refractivity contribution in [3.63, 3.8) is 0 Å². The first kappa shape index (κ1) is 13.8. The number of rotatable bonds is 4. The van der Waals surface area contributed by atoms with Gasteiger partial charge in [-0.3, -0.25) is 4.79 Å². The first-order valence-corrected chi connectivity index (χ1v) is 6.01. The molecule has 6 heteroatoms. The highest BCUT2D eigenvalue weighted by Gasteiger charge is 2.17. The van der Waals surface area contributed by atoms with E-state index in [1.54, 1.807) is 38.6 Å². The molecule has 2 aromatic rings. The molecule has 1 aromatic carbocycles. The number of nitrogen functional groups attached to an aromatic ring is 1. The lowest BCUT2D eigenvalue weighted by Crippen LogP contribution is -2.28. The summed E-state index contributed by atoms with van der Waals surface area (Å²) in [4.78, 5) is 18.0. The monoisotopic (exact) mass is 272 g/mol. The molecule has 0 unspecified atom stereocenters. The minimum absolute atomic E-state index is 0.209. The van der Waals surface area contributed by atoms with Gasteiger partial charge in [-0.1, -0.05) is 6.07 Å². The number of nitrogens with zero attached hydrogens (tertiary/aromatic N) is 2. The second kappa shape index (κ2) is 6.03. The Bertz CT molecular complexity index is 616. The predicted molar refractivity (Wildman–Crippen MR) is 77.8 cm³/mol. The number of hydrogen-bond acceptors (Lipinski definition) is 5. The molecule has 0 aliphatic heterocycles. The maximum absolute atomic E-state index is 12.5. The van der Waals surface area contributed by atoms with Crippen molar-refractivity contribution in [3.05, 3.63) is 48.2 Å². The molecule has 3 N–H and O–H groups in total. The Morgan fingerprint density at radius 2 is 2.15 bits per heavy atom. The van der Waals surface area contributed by atoms with Crippen molar-refractivity contribution in [2.75, 3.05) is 24.5 Å². The highest BCUT2D eigenvalue weighted by molar-refractivity contribution is 6.08. The molecule has 1 amide bonds. The van der Waals surface area contributed by atoms with Crippen LogP contribution in [0.25, 0.3) is 0 Å². The third-order valence-electron chi connectivity index (χ3n) is 2.92. The van der Waals surface area contributed by atoms with Crippen molar-refractivity contribution in [2.45, 2.75) is 0 Å². The standard InChI is InChI=1S/C14H16N4O2/c1-18(10-5-3-6-11(9-10)20-2)14(19)12-7-4-8-16-13(12)17-15/h3-9H,15H2,1-2H3,(H,16,17). The van der Waals surface area contributed by atoms with E-state index in [4.69, 9.17) is 10.6 Å². The van der Waals surface area contributed by atoms with Gasteiger partial charge in [-0.05, 0) is 24.3 Å².